The average molecular weight is 601 g/mol. The Labute approximate surface area is 262 Å². The fourth-order valence-corrected chi connectivity index (χ4v) is 6.61. The fourth-order valence-electron chi connectivity index (χ4n) is 6.61. The van der Waals surface area contributed by atoms with Crippen LogP contribution in [0.1, 0.15) is 74.5 Å². The van der Waals surface area contributed by atoms with E-state index in [4.69, 9.17) is 4.74 Å². The van der Waals surface area contributed by atoms with E-state index in [1.807, 2.05) is 60.7 Å². The molecule has 3 unspecified atom stereocenters. The number of ether oxygens (including phenoxy) is 1. The van der Waals surface area contributed by atoms with Gasteiger partial charge in [0, 0.05) is 13.0 Å². The van der Waals surface area contributed by atoms with Gasteiger partial charge in [0.1, 0.15) is 6.61 Å². The second-order valence-corrected chi connectivity index (χ2v) is 12.4. The van der Waals surface area contributed by atoms with Gasteiger partial charge in [0.05, 0.1) is 30.0 Å². The minimum absolute atomic E-state index is 0.0227. The van der Waals surface area contributed by atoms with Crippen LogP contribution in [0.15, 0.2) is 79.9 Å². The van der Waals surface area contributed by atoms with Crippen LogP contribution < -0.4 is 5.32 Å². The summed E-state index contributed by atoms with van der Waals surface area (Å²) in [6, 6.07) is 17.6. The van der Waals surface area contributed by atoms with Crippen molar-refractivity contribution in [3.05, 3.63) is 96.6 Å². The van der Waals surface area contributed by atoms with Crippen LogP contribution in [0.25, 0.3) is 0 Å². The van der Waals surface area contributed by atoms with Crippen molar-refractivity contribution in [2.45, 2.75) is 88.8 Å². The summed E-state index contributed by atoms with van der Waals surface area (Å²) < 4.78 is 5.97. The van der Waals surface area contributed by atoms with Gasteiger partial charge >= 0.3 is 5.97 Å². The van der Waals surface area contributed by atoms with Crippen molar-refractivity contribution in [1.29, 1.82) is 0 Å². The number of hydrogen-bond donors (Lipinski definition) is 2. The number of amides is 2. The van der Waals surface area contributed by atoms with Crippen molar-refractivity contribution in [3.63, 3.8) is 0 Å². The van der Waals surface area contributed by atoms with E-state index in [0.29, 0.717) is 32.2 Å². The van der Waals surface area contributed by atoms with E-state index in [0.717, 1.165) is 55.2 Å². The first kappa shape index (κ1) is 33.2. The number of nitrogens with one attached hydrogen (secondary N) is 1. The molecule has 4 rings (SSSR count). The zero-order valence-electron chi connectivity index (χ0n) is 25.9. The third kappa shape index (κ3) is 8.91. The van der Waals surface area contributed by atoms with Crippen LogP contribution in [0, 0.1) is 11.8 Å². The largest absolute Gasteiger partial charge is 0.463 e. The highest BCUT2D eigenvalue weighted by molar-refractivity contribution is 5.86. The number of allylic oxidation sites excluding steroid dienone is 2. The van der Waals surface area contributed by atoms with Crippen molar-refractivity contribution in [1.82, 2.24) is 10.2 Å². The fraction of sp³-hybridized carbons (Fsp3) is 0.486. The van der Waals surface area contributed by atoms with Gasteiger partial charge in [-0.2, -0.15) is 0 Å². The van der Waals surface area contributed by atoms with E-state index >= 15 is 0 Å². The van der Waals surface area contributed by atoms with Crippen LogP contribution in [-0.2, 0) is 38.5 Å². The minimum atomic E-state index is -0.647. The molecule has 7 nitrogen and oxygen atoms in total. The molecule has 1 saturated carbocycles. The number of hydrogen-bond acceptors (Lipinski definition) is 5. The Hall–Kier alpha value is -3.71. The summed E-state index contributed by atoms with van der Waals surface area (Å²) >= 11 is 0. The molecular formula is C37H48N2O5. The topological polar surface area (TPSA) is 95.9 Å². The van der Waals surface area contributed by atoms with Gasteiger partial charge in [0.2, 0.25) is 11.8 Å². The van der Waals surface area contributed by atoms with E-state index in [1.54, 1.807) is 11.0 Å². The smallest absolute Gasteiger partial charge is 0.309 e. The Kier molecular flexibility index (Phi) is 12.4. The molecule has 3 atom stereocenters. The first-order valence-corrected chi connectivity index (χ1v) is 16.1. The Balaban J connectivity index is 1.40. The lowest BCUT2D eigenvalue weighted by Gasteiger charge is -2.37. The number of aliphatic hydroxyl groups excluding tert-OH is 1. The summed E-state index contributed by atoms with van der Waals surface area (Å²) in [5, 5.41) is 13.3. The van der Waals surface area contributed by atoms with Crippen molar-refractivity contribution in [2.24, 2.45) is 11.8 Å². The molecular weight excluding hydrogens is 552 g/mol. The highest BCUT2D eigenvalue weighted by Gasteiger charge is 2.40. The molecule has 2 aliphatic rings. The van der Waals surface area contributed by atoms with Crippen molar-refractivity contribution in [3.8, 4) is 0 Å². The molecule has 236 valence electrons. The van der Waals surface area contributed by atoms with Crippen molar-refractivity contribution >= 4 is 17.8 Å². The molecule has 0 aromatic heterocycles. The zero-order valence-corrected chi connectivity index (χ0v) is 25.9. The van der Waals surface area contributed by atoms with E-state index in [-0.39, 0.29) is 49.4 Å². The summed E-state index contributed by atoms with van der Waals surface area (Å²) in [6.07, 6.45) is 10.8. The summed E-state index contributed by atoms with van der Waals surface area (Å²) in [5.74, 6) is -1.49. The van der Waals surface area contributed by atoms with Gasteiger partial charge in [-0.1, -0.05) is 79.6 Å². The number of unbranched alkanes of at least 4 members (excludes halogenated alkanes) is 1. The molecule has 44 heavy (non-hydrogen) atoms. The van der Waals surface area contributed by atoms with Crippen LogP contribution in [0.5, 0.6) is 0 Å². The Morgan fingerprint density at radius 3 is 2.39 bits per heavy atom. The molecule has 7 heteroatoms. The van der Waals surface area contributed by atoms with Gasteiger partial charge in [0.25, 0.3) is 0 Å². The maximum absolute atomic E-state index is 13.7. The highest BCUT2D eigenvalue weighted by Crippen LogP contribution is 2.32. The van der Waals surface area contributed by atoms with E-state index < -0.39 is 11.5 Å². The zero-order chi connectivity index (χ0) is 31.4. The number of esters is 1. The van der Waals surface area contributed by atoms with Gasteiger partial charge in [-0.05, 0) is 68.1 Å². The monoisotopic (exact) mass is 600 g/mol. The lowest BCUT2D eigenvalue weighted by molar-refractivity contribution is -0.152. The van der Waals surface area contributed by atoms with Gasteiger partial charge in [-0.25, -0.2) is 0 Å². The summed E-state index contributed by atoms with van der Waals surface area (Å²) in [4.78, 5) is 42.4. The quantitative estimate of drug-likeness (QED) is 0.146. The number of benzene rings is 2. The van der Waals surface area contributed by atoms with Crippen LogP contribution in [0.2, 0.25) is 0 Å². The molecule has 2 aromatic carbocycles. The number of nitrogens with zero attached hydrogens (tertiary/aromatic N) is 1. The third-order valence-corrected chi connectivity index (χ3v) is 9.19. The molecule has 2 amide bonds. The molecule has 1 aliphatic heterocycles. The number of rotatable bonds is 16. The predicted molar refractivity (Wildman–Crippen MR) is 172 cm³/mol. The van der Waals surface area contributed by atoms with Gasteiger partial charge in [-0.3, -0.25) is 14.4 Å². The molecule has 1 heterocycles. The van der Waals surface area contributed by atoms with Crippen molar-refractivity contribution in [2.75, 3.05) is 13.2 Å². The molecule has 0 saturated heterocycles. The summed E-state index contributed by atoms with van der Waals surface area (Å²) in [6.45, 7) is 8.04. The van der Waals surface area contributed by atoms with Crippen LogP contribution in [0.4, 0.5) is 0 Å². The second-order valence-electron chi connectivity index (χ2n) is 12.4. The molecule has 0 radical (unpaired) electrons. The van der Waals surface area contributed by atoms with Gasteiger partial charge in [0.15, 0.2) is 0 Å². The Bertz CT molecular complexity index is 1270. The standard InChI is InChI=1S/C37H48N2O5/c1-3-5-7-18-31(22-28-15-8-6-9-16-28)36(43)44-27-37(20-12-13-21-37)38-35(42)30(14-4-2)24-34(41)39-25-32-19-11-10-17-29(32)23-33(39)26-40/h3-4,6,8-11,15-17,19,30-31,33,40H,1-2,5,7,12-14,18,20-27H2,(H,38,42). The van der Waals surface area contributed by atoms with Crippen LogP contribution in [0.3, 0.4) is 0 Å². The molecule has 1 fully saturated rings. The SMILES string of the molecule is C=CCCCC(Cc1ccccc1)C(=O)OCC1(NC(=O)C(CC=C)CC(=O)N2Cc3ccccc3CC2CO)CCCC1. The average Bonchev–Trinajstić information content (AvgIpc) is 3.51. The maximum atomic E-state index is 13.7. The number of fused-ring (bicyclic) bond motifs is 1. The van der Waals surface area contributed by atoms with E-state index in [2.05, 4.69) is 18.5 Å². The Morgan fingerprint density at radius 2 is 1.70 bits per heavy atom. The molecule has 2 aromatic rings. The normalized spacial score (nSPS) is 18.5. The second kappa shape index (κ2) is 16.4. The first-order chi connectivity index (χ1) is 21.4. The lowest BCUT2D eigenvalue weighted by Crippen LogP contribution is -2.53. The molecule has 2 N–H and O–H groups in total. The van der Waals surface area contributed by atoms with E-state index in [9.17, 15) is 19.5 Å². The lowest BCUT2D eigenvalue weighted by atomic mass is 9.91. The van der Waals surface area contributed by atoms with Gasteiger partial charge in [-0.15, -0.1) is 13.2 Å². The van der Waals surface area contributed by atoms with Crippen LogP contribution >= 0.6 is 0 Å². The summed E-state index contributed by atoms with van der Waals surface area (Å²) in [5.41, 5.74) is 2.65. The minimum Gasteiger partial charge on any atom is -0.463 e. The van der Waals surface area contributed by atoms with Crippen LogP contribution in [-0.4, -0.2) is 52.6 Å². The number of aliphatic hydroxyl groups is 1. The Morgan fingerprint density at radius 1 is 1.00 bits per heavy atom. The third-order valence-electron chi connectivity index (χ3n) is 9.19. The molecule has 0 spiro atoms. The molecule has 0 bridgehead atoms. The number of carbonyl (C=O) groups is 3. The van der Waals surface area contributed by atoms with Gasteiger partial charge < -0.3 is 20.1 Å². The molecule has 1 aliphatic carbocycles. The highest BCUT2D eigenvalue weighted by atomic mass is 16.5. The van der Waals surface area contributed by atoms with E-state index in [1.165, 1.54) is 0 Å². The predicted octanol–water partition coefficient (Wildman–Crippen LogP) is 5.70. The van der Waals surface area contributed by atoms with Crippen molar-refractivity contribution < 1.29 is 24.2 Å². The summed E-state index contributed by atoms with van der Waals surface area (Å²) in [7, 11) is 0. The number of carbonyl (C=O) groups excluding carboxylic acids is 3. The first-order valence-electron chi connectivity index (χ1n) is 16.1. The maximum Gasteiger partial charge on any atom is 0.309 e.